The summed E-state index contributed by atoms with van der Waals surface area (Å²) in [6.45, 7) is 3.79. The van der Waals surface area contributed by atoms with Gasteiger partial charge in [0, 0.05) is 22.4 Å². The van der Waals surface area contributed by atoms with Crippen molar-refractivity contribution in [2.24, 2.45) is 5.92 Å². The van der Waals surface area contributed by atoms with E-state index in [1.165, 1.54) is 59.9 Å². The van der Waals surface area contributed by atoms with Gasteiger partial charge in [0.2, 0.25) is 0 Å². The summed E-state index contributed by atoms with van der Waals surface area (Å²) in [5.41, 5.74) is 2.77. The lowest BCUT2D eigenvalue weighted by atomic mass is 9.82. The summed E-state index contributed by atoms with van der Waals surface area (Å²) >= 11 is 1.91. The quantitative estimate of drug-likeness (QED) is 0.708. The van der Waals surface area contributed by atoms with Gasteiger partial charge in [0.1, 0.15) is 0 Å². The van der Waals surface area contributed by atoms with Crippen LogP contribution in [0, 0.1) is 5.92 Å². The van der Waals surface area contributed by atoms with Crippen molar-refractivity contribution in [1.29, 1.82) is 0 Å². The highest BCUT2D eigenvalue weighted by atomic mass is 32.2. The summed E-state index contributed by atoms with van der Waals surface area (Å²) in [6, 6.07) is 18.5. The molecule has 2 aromatic rings. The number of carboxylic acid groups (broad SMARTS) is 2. The molecule has 30 heavy (non-hydrogen) atoms. The molecular formula is C23H26N2O4S. The third-order valence-corrected chi connectivity index (χ3v) is 7.30. The Morgan fingerprint density at radius 2 is 1.43 bits per heavy atom. The third kappa shape index (κ3) is 4.47. The summed E-state index contributed by atoms with van der Waals surface area (Å²) in [4.78, 5) is 26.3. The number of hydrogen-bond donors (Lipinski definition) is 2. The van der Waals surface area contributed by atoms with E-state index in [1.807, 2.05) is 11.8 Å². The van der Waals surface area contributed by atoms with Crippen molar-refractivity contribution >= 4 is 35.1 Å². The number of anilines is 2. The minimum atomic E-state index is -1.82. The lowest BCUT2D eigenvalue weighted by molar-refractivity contribution is -0.159. The molecule has 3 fully saturated rings. The molecule has 158 valence electrons. The second kappa shape index (κ2) is 9.10. The fourth-order valence-corrected chi connectivity index (χ4v) is 5.78. The second-order valence-electron chi connectivity index (χ2n) is 7.96. The van der Waals surface area contributed by atoms with Gasteiger partial charge in [-0.05, 0) is 69.0 Å². The van der Waals surface area contributed by atoms with Gasteiger partial charge in [-0.2, -0.15) is 0 Å². The van der Waals surface area contributed by atoms with Crippen LogP contribution in [-0.4, -0.2) is 52.7 Å². The largest absolute Gasteiger partial charge is 0.473 e. The molecule has 0 aromatic heterocycles. The molecule has 4 heterocycles. The highest BCUT2D eigenvalue weighted by Gasteiger charge is 2.34. The highest BCUT2D eigenvalue weighted by Crippen LogP contribution is 2.48. The number of benzene rings is 2. The van der Waals surface area contributed by atoms with Gasteiger partial charge in [-0.15, -0.1) is 0 Å². The van der Waals surface area contributed by atoms with Gasteiger partial charge in [0.05, 0.1) is 11.4 Å². The molecule has 0 spiro atoms. The first-order valence-corrected chi connectivity index (χ1v) is 11.2. The average Bonchev–Trinajstić information content (AvgIpc) is 2.78. The standard InChI is InChI=1S/C21H24N2S.C2H2O4/c1-3-7-20-18(5-1)23(19-6-2-4-8-21(19)24-20)14-11-17-15-16-9-12-22(17)13-10-16;3-1(4)2(5)6/h1-8,16-17H,9-15H2;(H,3,4)(H,5,6). The second-order valence-corrected chi connectivity index (χ2v) is 9.04. The molecule has 3 saturated heterocycles. The summed E-state index contributed by atoms with van der Waals surface area (Å²) in [7, 11) is 0. The van der Waals surface area contributed by atoms with Crippen LogP contribution in [0.25, 0.3) is 0 Å². The molecule has 0 amide bonds. The van der Waals surface area contributed by atoms with Gasteiger partial charge < -0.3 is 20.0 Å². The van der Waals surface area contributed by atoms with Gasteiger partial charge in [0.15, 0.2) is 0 Å². The minimum Gasteiger partial charge on any atom is -0.473 e. The lowest BCUT2D eigenvalue weighted by Gasteiger charge is -2.46. The topological polar surface area (TPSA) is 81.1 Å². The van der Waals surface area contributed by atoms with Crippen LogP contribution in [0.2, 0.25) is 0 Å². The maximum Gasteiger partial charge on any atom is 0.414 e. The van der Waals surface area contributed by atoms with Gasteiger partial charge in [0.25, 0.3) is 0 Å². The number of piperidine rings is 3. The normalized spacial score (nSPS) is 23.6. The van der Waals surface area contributed by atoms with Crippen molar-refractivity contribution in [1.82, 2.24) is 4.90 Å². The molecule has 6 nitrogen and oxygen atoms in total. The molecule has 0 aliphatic carbocycles. The third-order valence-electron chi connectivity index (χ3n) is 6.17. The molecule has 2 aromatic carbocycles. The zero-order valence-corrected chi connectivity index (χ0v) is 17.6. The number of rotatable bonds is 3. The fraction of sp³-hybridized carbons (Fsp3) is 0.391. The molecule has 4 aliphatic heterocycles. The molecule has 0 saturated carbocycles. The zero-order chi connectivity index (χ0) is 21.1. The van der Waals surface area contributed by atoms with Crippen LogP contribution in [0.3, 0.4) is 0 Å². The van der Waals surface area contributed by atoms with E-state index in [0.29, 0.717) is 0 Å². The monoisotopic (exact) mass is 426 g/mol. The van der Waals surface area contributed by atoms with Crippen molar-refractivity contribution in [2.45, 2.75) is 41.5 Å². The van der Waals surface area contributed by atoms with Crippen LogP contribution >= 0.6 is 11.8 Å². The predicted molar refractivity (Wildman–Crippen MR) is 117 cm³/mol. The molecular weight excluding hydrogens is 400 g/mol. The van der Waals surface area contributed by atoms with E-state index in [-0.39, 0.29) is 0 Å². The maximum absolute atomic E-state index is 9.10. The number of nitrogens with zero attached hydrogens (tertiary/aromatic N) is 2. The number of carboxylic acids is 2. The van der Waals surface area contributed by atoms with Crippen LogP contribution in [0.4, 0.5) is 11.4 Å². The lowest BCUT2D eigenvalue weighted by Crippen LogP contribution is -2.49. The van der Waals surface area contributed by atoms with Gasteiger partial charge in [-0.1, -0.05) is 36.0 Å². The van der Waals surface area contributed by atoms with Crippen molar-refractivity contribution in [3.05, 3.63) is 48.5 Å². The molecule has 2 N–H and O–H groups in total. The van der Waals surface area contributed by atoms with E-state index >= 15 is 0 Å². The van der Waals surface area contributed by atoms with Crippen LogP contribution < -0.4 is 4.90 Å². The molecule has 0 radical (unpaired) electrons. The van der Waals surface area contributed by atoms with Crippen LogP contribution in [0.15, 0.2) is 58.3 Å². The Morgan fingerprint density at radius 1 is 0.900 bits per heavy atom. The first-order valence-electron chi connectivity index (χ1n) is 10.4. The SMILES string of the molecule is O=C(O)C(=O)O.c1ccc2c(c1)Sc1ccccc1N2CCC1CC2CCN1CC2. The average molecular weight is 427 g/mol. The summed E-state index contributed by atoms with van der Waals surface area (Å²) in [5.74, 6) is -2.65. The Balaban J connectivity index is 0.000000322. The summed E-state index contributed by atoms with van der Waals surface area (Å²) in [5, 5.41) is 14.8. The number of para-hydroxylation sites is 2. The predicted octanol–water partition coefficient (Wildman–Crippen LogP) is 4.32. The van der Waals surface area contributed by atoms with Gasteiger partial charge >= 0.3 is 11.9 Å². The first kappa shape index (κ1) is 20.8. The van der Waals surface area contributed by atoms with Crippen molar-refractivity contribution in [2.75, 3.05) is 24.5 Å². The van der Waals surface area contributed by atoms with E-state index in [4.69, 9.17) is 19.8 Å². The molecule has 1 atom stereocenters. The molecule has 2 bridgehead atoms. The number of carbonyl (C=O) groups is 2. The first-order chi connectivity index (χ1) is 14.5. The Kier molecular flexibility index (Phi) is 6.29. The van der Waals surface area contributed by atoms with E-state index in [9.17, 15) is 0 Å². The van der Waals surface area contributed by atoms with E-state index < -0.39 is 11.9 Å². The Bertz CT molecular complexity index is 869. The summed E-state index contributed by atoms with van der Waals surface area (Å²) in [6.07, 6.45) is 5.57. The fourth-order valence-electron chi connectivity index (χ4n) is 4.69. The van der Waals surface area contributed by atoms with Crippen molar-refractivity contribution < 1.29 is 19.8 Å². The maximum atomic E-state index is 9.10. The van der Waals surface area contributed by atoms with E-state index in [0.717, 1.165) is 18.5 Å². The highest BCUT2D eigenvalue weighted by molar-refractivity contribution is 7.99. The molecule has 1 unspecified atom stereocenters. The number of hydrogen-bond acceptors (Lipinski definition) is 5. The zero-order valence-electron chi connectivity index (χ0n) is 16.7. The molecule has 4 aliphatic rings. The molecule has 7 heteroatoms. The van der Waals surface area contributed by atoms with E-state index in [2.05, 4.69) is 58.3 Å². The smallest absolute Gasteiger partial charge is 0.414 e. The van der Waals surface area contributed by atoms with Crippen molar-refractivity contribution in [3.63, 3.8) is 0 Å². The number of fused-ring (bicyclic) bond motifs is 5. The van der Waals surface area contributed by atoms with Gasteiger partial charge in [-0.3, -0.25) is 0 Å². The molecule has 6 rings (SSSR count). The van der Waals surface area contributed by atoms with Crippen LogP contribution in [0.1, 0.15) is 25.7 Å². The minimum absolute atomic E-state index is 0.798. The van der Waals surface area contributed by atoms with Crippen LogP contribution in [0.5, 0.6) is 0 Å². The Hall–Kier alpha value is -2.51. The van der Waals surface area contributed by atoms with Crippen LogP contribution in [-0.2, 0) is 9.59 Å². The van der Waals surface area contributed by atoms with Gasteiger partial charge in [-0.25, -0.2) is 9.59 Å². The number of aliphatic carboxylic acids is 2. The Labute approximate surface area is 180 Å². The Morgan fingerprint density at radius 3 is 1.90 bits per heavy atom. The van der Waals surface area contributed by atoms with E-state index in [1.54, 1.807) is 0 Å². The van der Waals surface area contributed by atoms with Crippen molar-refractivity contribution in [3.8, 4) is 0 Å². The summed E-state index contributed by atoms with van der Waals surface area (Å²) < 4.78 is 0.